The Hall–Kier alpha value is -1.69. The van der Waals surface area contributed by atoms with Crippen LogP contribution >= 0.6 is 11.3 Å². The fourth-order valence-corrected chi connectivity index (χ4v) is 1.87. The molecule has 15 heavy (non-hydrogen) atoms. The first kappa shape index (κ1) is 9.85. The van der Waals surface area contributed by atoms with Gasteiger partial charge in [0.1, 0.15) is 5.82 Å². The first-order valence-electron chi connectivity index (χ1n) is 4.48. The van der Waals surface area contributed by atoms with Crippen molar-refractivity contribution in [3.8, 4) is 0 Å². The Morgan fingerprint density at radius 3 is 3.00 bits per heavy atom. The van der Waals surface area contributed by atoms with Crippen molar-refractivity contribution >= 4 is 23.1 Å². The van der Waals surface area contributed by atoms with Crippen LogP contribution in [0.4, 0.5) is 11.8 Å². The molecule has 5 nitrogen and oxygen atoms in total. The van der Waals surface area contributed by atoms with Gasteiger partial charge in [-0.3, -0.25) is 0 Å². The van der Waals surface area contributed by atoms with E-state index in [1.165, 1.54) is 4.88 Å². The predicted octanol–water partition coefficient (Wildman–Crippen LogP) is 1.44. The average molecular weight is 221 g/mol. The van der Waals surface area contributed by atoms with Crippen molar-refractivity contribution in [3.05, 3.63) is 28.3 Å². The van der Waals surface area contributed by atoms with E-state index in [1.54, 1.807) is 23.6 Å². The molecule has 0 spiro atoms. The lowest BCUT2D eigenvalue weighted by Crippen LogP contribution is -2.02. The molecule has 0 unspecified atom stereocenters. The number of anilines is 2. The Kier molecular flexibility index (Phi) is 2.77. The van der Waals surface area contributed by atoms with Crippen LogP contribution in [-0.4, -0.2) is 15.0 Å². The third-order valence-corrected chi connectivity index (χ3v) is 2.70. The van der Waals surface area contributed by atoms with Crippen molar-refractivity contribution in [1.29, 1.82) is 0 Å². The Morgan fingerprint density at radius 1 is 1.47 bits per heavy atom. The summed E-state index contributed by atoms with van der Waals surface area (Å²) >= 11 is 1.66. The van der Waals surface area contributed by atoms with Crippen molar-refractivity contribution in [1.82, 2.24) is 15.0 Å². The molecular formula is C9H11N5S. The topological polar surface area (TPSA) is 76.7 Å². The zero-order valence-electron chi connectivity index (χ0n) is 8.27. The molecule has 0 radical (unpaired) electrons. The molecule has 0 fully saturated rings. The molecule has 3 N–H and O–H groups in total. The van der Waals surface area contributed by atoms with E-state index in [1.807, 2.05) is 13.1 Å². The summed E-state index contributed by atoms with van der Waals surface area (Å²) in [6.45, 7) is 2.69. The number of aryl methyl sites for hydroxylation is 1. The van der Waals surface area contributed by atoms with Gasteiger partial charge in [-0.15, -0.1) is 11.3 Å². The maximum Gasteiger partial charge on any atom is 0.221 e. The van der Waals surface area contributed by atoms with E-state index in [-0.39, 0.29) is 5.95 Å². The van der Waals surface area contributed by atoms with Crippen molar-refractivity contribution in [2.75, 3.05) is 11.1 Å². The standard InChI is InChI=1S/C9H11N5S/c1-6-12-4-7(15-6)5-13-8-2-3-11-9(10)14-8/h2-4H,5H2,1H3,(H3,10,11,13,14). The second-order valence-electron chi connectivity index (χ2n) is 3.00. The predicted molar refractivity (Wildman–Crippen MR) is 60.6 cm³/mol. The van der Waals surface area contributed by atoms with Crippen molar-refractivity contribution in [2.45, 2.75) is 13.5 Å². The van der Waals surface area contributed by atoms with Crippen LogP contribution in [0, 0.1) is 6.92 Å². The van der Waals surface area contributed by atoms with E-state index in [2.05, 4.69) is 20.3 Å². The minimum atomic E-state index is 0.278. The molecule has 0 aliphatic carbocycles. The van der Waals surface area contributed by atoms with Crippen LogP contribution in [0.3, 0.4) is 0 Å². The second kappa shape index (κ2) is 4.22. The highest BCUT2D eigenvalue weighted by Crippen LogP contribution is 2.13. The number of hydrogen-bond donors (Lipinski definition) is 2. The largest absolute Gasteiger partial charge is 0.368 e. The van der Waals surface area contributed by atoms with Gasteiger partial charge in [-0.05, 0) is 13.0 Å². The van der Waals surface area contributed by atoms with Crippen molar-refractivity contribution in [3.63, 3.8) is 0 Å². The molecule has 0 saturated carbocycles. The van der Waals surface area contributed by atoms with Gasteiger partial charge in [-0.25, -0.2) is 9.97 Å². The first-order valence-corrected chi connectivity index (χ1v) is 5.29. The highest BCUT2D eigenvalue weighted by Gasteiger charge is 1.99. The van der Waals surface area contributed by atoms with E-state index in [0.717, 1.165) is 10.8 Å². The van der Waals surface area contributed by atoms with Gasteiger partial charge in [0, 0.05) is 17.3 Å². The van der Waals surface area contributed by atoms with Gasteiger partial charge in [0.25, 0.3) is 0 Å². The quantitative estimate of drug-likeness (QED) is 0.820. The summed E-state index contributed by atoms with van der Waals surface area (Å²) in [4.78, 5) is 13.2. The molecule has 2 rings (SSSR count). The van der Waals surface area contributed by atoms with E-state index in [9.17, 15) is 0 Å². The lowest BCUT2D eigenvalue weighted by atomic mass is 10.5. The lowest BCUT2D eigenvalue weighted by Gasteiger charge is -2.02. The number of hydrogen-bond acceptors (Lipinski definition) is 6. The number of aromatic nitrogens is 3. The molecule has 0 aliphatic rings. The van der Waals surface area contributed by atoms with Crippen LogP contribution < -0.4 is 11.1 Å². The van der Waals surface area contributed by atoms with Crippen LogP contribution in [0.2, 0.25) is 0 Å². The Morgan fingerprint density at radius 2 is 2.33 bits per heavy atom. The summed E-state index contributed by atoms with van der Waals surface area (Å²) < 4.78 is 0. The van der Waals surface area contributed by atoms with E-state index in [4.69, 9.17) is 5.73 Å². The molecule has 78 valence electrons. The molecule has 2 aromatic heterocycles. The summed E-state index contributed by atoms with van der Waals surface area (Å²) in [5, 5.41) is 4.22. The van der Waals surface area contributed by atoms with Gasteiger partial charge >= 0.3 is 0 Å². The zero-order chi connectivity index (χ0) is 10.7. The van der Waals surface area contributed by atoms with Gasteiger partial charge in [0.05, 0.1) is 11.6 Å². The Labute approximate surface area is 91.4 Å². The van der Waals surface area contributed by atoms with E-state index in [0.29, 0.717) is 6.54 Å². The smallest absolute Gasteiger partial charge is 0.221 e. The Balaban J connectivity index is 1.99. The summed E-state index contributed by atoms with van der Waals surface area (Å²) in [5.41, 5.74) is 5.46. The third kappa shape index (κ3) is 2.63. The van der Waals surface area contributed by atoms with Crippen LogP contribution in [0.15, 0.2) is 18.5 Å². The fourth-order valence-electron chi connectivity index (χ4n) is 1.14. The van der Waals surface area contributed by atoms with Crippen LogP contribution in [-0.2, 0) is 6.54 Å². The summed E-state index contributed by atoms with van der Waals surface area (Å²) in [7, 11) is 0. The van der Waals surface area contributed by atoms with Crippen LogP contribution in [0.25, 0.3) is 0 Å². The average Bonchev–Trinajstić information content (AvgIpc) is 2.62. The molecule has 2 aromatic rings. The monoisotopic (exact) mass is 221 g/mol. The van der Waals surface area contributed by atoms with Gasteiger partial charge in [0.15, 0.2) is 0 Å². The van der Waals surface area contributed by atoms with Gasteiger partial charge in [-0.1, -0.05) is 0 Å². The molecule has 0 aromatic carbocycles. The highest BCUT2D eigenvalue weighted by molar-refractivity contribution is 7.11. The van der Waals surface area contributed by atoms with Crippen molar-refractivity contribution in [2.24, 2.45) is 0 Å². The maximum atomic E-state index is 5.46. The van der Waals surface area contributed by atoms with Gasteiger partial charge in [-0.2, -0.15) is 4.98 Å². The number of nitrogens with zero attached hydrogens (tertiary/aromatic N) is 3. The third-order valence-electron chi connectivity index (χ3n) is 1.79. The van der Waals surface area contributed by atoms with Gasteiger partial charge < -0.3 is 11.1 Å². The van der Waals surface area contributed by atoms with Crippen LogP contribution in [0.1, 0.15) is 9.88 Å². The van der Waals surface area contributed by atoms with Crippen LogP contribution in [0.5, 0.6) is 0 Å². The number of nitrogens with two attached hydrogens (primary N) is 1. The first-order chi connectivity index (χ1) is 7.24. The molecule has 0 saturated heterocycles. The van der Waals surface area contributed by atoms with E-state index < -0.39 is 0 Å². The lowest BCUT2D eigenvalue weighted by molar-refractivity contribution is 1.10. The molecule has 2 heterocycles. The number of nitrogens with one attached hydrogen (secondary N) is 1. The van der Waals surface area contributed by atoms with Crippen molar-refractivity contribution < 1.29 is 0 Å². The zero-order valence-corrected chi connectivity index (χ0v) is 9.08. The molecule has 6 heteroatoms. The minimum absolute atomic E-state index is 0.278. The Bertz CT molecular complexity index is 453. The van der Waals surface area contributed by atoms with Gasteiger partial charge in [0.2, 0.25) is 5.95 Å². The second-order valence-corrected chi connectivity index (χ2v) is 4.32. The summed E-state index contributed by atoms with van der Waals surface area (Å²) in [6.07, 6.45) is 3.49. The normalized spacial score (nSPS) is 10.2. The molecular weight excluding hydrogens is 210 g/mol. The maximum absolute atomic E-state index is 5.46. The molecule has 0 bridgehead atoms. The van der Waals surface area contributed by atoms with E-state index >= 15 is 0 Å². The fraction of sp³-hybridized carbons (Fsp3) is 0.222. The SMILES string of the molecule is Cc1ncc(CNc2ccnc(N)n2)s1. The summed E-state index contributed by atoms with van der Waals surface area (Å²) in [5.74, 6) is 1.01. The highest BCUT2D eigenvalue weighted by atomic mass is 32.1. The molecule has 0 aliphatic heterocycles. The number of nitrogen functional groups attached to an aromatic ring is 1. The number of thiazole rings is 1. The molecule has 0 amide bonds. The number of rotatable bonds is 3. The minimum Gasteiger partial charge on any atom is -0.368 e. The molecule has 0 atom stereocenters. The summed E-state index contributed by atoms with van der Waals surface area (Å²) in [6, 6.07) is 1.78.